The summed E-state index contributed by atoms with van der Waals surface area (Å²) in [6.45, 7) is 1.64. The molecule has 0 unspecified atom stereocenters. The predicted octanol–water partition coefficient (Wildman–Crippen LogP) is 3.62. The minimum Gasteiger partial charge on any atom is -0.418 e. The van der Waals surface area contributed by atoms with Gasteiger partial charge in [0.15, 0.2) is 16.4 Å². The lowest BCUT2D eigenvalue weighted by atomic mass is 10.2. The Morgan fingerprint density at radius 1 is 1.20 bits per heavy atom. The lowest BCUT2D eigenvalue weighted by Crippen LogP contribution is -2.08. The van der Waals surface area contributed by atoms with Gasteiger partial charge in [-0.1, -0.05) is 46.1 Å². The molecule has 0 amide bonds. The monoisotopic (exact) mass is 329 g/mol. The fourth-order valence-electron chi connectivity index (χ4n) is 1.88. The fraction of sp³-hybridized carbons (Fsp3) is 0.0833. The van der Waals surface area contributed by atoms with Crippen LogP contribution in [0.3, 0.4) is 0 Å². The molecular weight excluding hydrogens is 325 g/mol. The molecule has 20 heavy (non-hydrogen) atoms. The van der Waals surface area contributed by atoms with Crippen LogP contribution in [-0.4, -0.2) is 14.8 Å². The fourth-order valence-corrected chi connectivity index (χ4v) is 2.70. The Bertz CT molecular complexity index is 865. The molecule has 1 aromatic carbocycles. The maximum Gasteiger partial charge on any atom is 0.364 e. The van der Waals surface area contributed by atoms with Gasteiger partial charge < -0.3 is 4.42 Å². The minimum atomic E-state index is -0.608. The van der Waals surface area contributed by atoms with Crippen LogP contribution in [0.15, 0.2) is 27.4 Å². The van der Waals surface area contributed by atoms with E-state index in [2.05, 4.69) is 10.3 Å². The van der Waals surface area contributed by atoms with Crippen molar-refractivity contribution in [1.82, 2.24) is 14.8 Å². The number of aryl methyl sites for hydroxylation is 1. The molecule has 8 heteroatoms. The van der Waals surface area contributed by atoms with Crippen molar-refractivity contribution in [1.29, 1.82) is 0 Å². The van der Waals surface area contributed by atoms with Gasteiger partial charge in [-0.15, -0.1) is 5.10 Å². The molecule has 3 rings (SSSR count). The first kappa shape index (κ1) is 13.4. The lowest BCUT2D eigenvalue weighted by Gasteiger charge is -2.07. The second kappa shape index (κ2) is 4.77. The molecule has 0 N–H and O–H groups in total. The van der Waals surface area contributed by atoms with Crippen molar-refractivity contribution in [3.05, 3.63) is 49.5 Å². The van der Waals surface area contributed by atoms with E-state index < -0.39 is 5.63 Å². The Kier molecular flexibility index (Phi) is 3.20. The Morgan fingerprint density at radius 2 is 1.85 bits per heavy atom. The summed E-state index contributed by atoms with van der Waals surface area (Å²) in [5.74, 6) is 0.0599. The Balaban J connectivity index is 2.44. The van der Waals surface area contributed by atoms with Gasteiger partial charge in [0.2, 0.25) is 0 Å². The summed E-state index contributed by atoms with van der Waals surface area (Å²) in [4.78, 5) is 12.0. The highest BCUT2D eigenvalue weighted by atomic mass is 35.5. The van der Waals surface area contributed by atoms with E-state index in [1.165, 1.54) is 4.52 Å². The van der Waals surface area contributed by atoms with Gasteiger partial charge in [0, 0.05) is 0 Å². The standard InChI is InChI=1S/C12H6Cl3N3O2/c1-5-9-12(19)20-10(11(15)18(9)17-16-5)8-6(13)3-2-4-7(8)14/h2-4H,1H3. The van der Waals surface area contributed by atoms with E-state index in [1.54, 1.807) is 25.1 Å². The van der Waals surface area contributed by atoms with E-state index in [9.17, 15) is 4.79 Å². The summed E-state index contributed by atoms with van der Waals surface area (Å²) >= 11 is 18.4. The molecule has 0 fully saturated rings. The van der Waals surface area contributed by atoms with Gasteiger partial charge in [-0.2, -0.15) is 4.52 Å². The largest absolute Gasteiger partial charge is 0.418 e. The van der Waals surface area contributed by atoms with Crippen LogP contribution in [0.1, 0.15) is 5.69 Å². The van der Waals surface area contributed by atoms with Crippen LogP contribution in [0.25, 0.3) is 16.8 Å². The molecule has 0 bridgehead atoms. The zero-order chi connectivity index (χ0) is 14.4. The molecule has 0 saturated heterocycles. The van der Waals surface area contributed by atoms with Gasteiger partial charge in [0.25, 0.3) is 0 Å². The van der Waals surface area contributed by atoms with Gasteiger partial charge in [0.05, 0.1) is 21.3 Å². The summed E-state index contributed by atoms with van der Waals surface area (Å²) in [6, 6.07) is 4.92. The van der Waals surface area contributed by atoms with Crippen molar-refractivity contribution < 1.29 is 4.42 Å². The summed E-state index contributed by atoms with van der Waals surface area (Å²) in [7, 11) is 0. The van der Waals surface area contributed by atoms with E-state index in [1.807, 2.05) is 0 Å². The zero-order valence-corrected chi connectivity index (χ0v) is 12.3. The number of fused-ring (bicyclic) bond motifs is 1. The van der Waals surface area contributed by atoms with Gasteiger partial charge >= 0.3 is 5.63 Å². The average molecular weight is 331 g/mol. The summed E-state index contributed by atoms with van der Waals surface area (Å²) in [5.41, 5.74) is 0.343. The van der Waals surface area contributed by atoms with Crippen LogP contribution in [0.2, 0.25) is 15.2 Å². The average Bonchev–Trinajstić information content (AvgIpc) is 2.78. The number of rotatable bonds is 1. The van der Waals surface area contributed by atoms with Crippen molar-refractivity contribution in [2.75, 3.05) is 0 Å². The molecule has 0 atom stereocenters. The highest BCUT2D eigenvalue weighted by Gasteiger charge is 2.21. The van der Waals surface area contributed by atoms with Gasteiger partial charge in [-0.25, -0.2) is 4.79 Å². The zero-order valence-electron chi connectivity index (χ0n) is 10.0. The first-order valence-electron chi connectivity index (χ1n) is 5.49. The lowest BCUT2D eigenvalue weighted by molar-refractivity contribution is 0.521. The van der Waals surface area contributed by atoms with Crippen molar-refractivity contribution in [2.24, 2.45) is 0 Å². The number of nitrogens with zero attached hydrogens (tertiary/aromatic N) is 3. The van der Waals surface area contributed by atoms with E-state index in [-0.39, 0.29) is 16.4 Å². The molecule has 0 radical (unpaired) electrons. The maximum atomic E-state index is 12.0. The van der Waals surface area contributed by atoms with E-state index in [0.717, 1.165) is 0 Å². The van der Waals surface area contributed by atoms with Crippen molar-refractivity contribution in [2.45, 2.75) is 6.92 Å². The molecule has 0 spiro atoms. The van der Waals surface area contributed by atoms with Crippen LogP contribution >= 0.6 is 34.8 Å². The van der Waals surface area contributed by atoms with Crippen LogP contribution in [-0.2, 0) is 0 Å². The molecule has 5 nitrogen and oxygen atoms in total. The second-order valence-electron chi connectivity index (χ2n) is 4.04. The third-order valence-electron chi connectivity index (χ3n) is 2.79. The van der Waals surface area contributed by atoms with Crippen LogP contribution in [0.4, 0.5) is 0 Å². The summed E-state index contributed by atoms with van der Waals surface area (Å²) in [5, 5.41) is 8.33. The number of benzene rings is 1. The molecule has 0 aliphatic rings. The third kappa shape index (κ3) is 1.90. The third-order valence-corrected chi connectivity index (χ3v) is 3.75. The van der Waals surface area contributed by atoms with Crippen LogP contribution in [0, 0.1) is 6.92 Å². The van der Waals surface area contributed by atoms with Crippen molar-refractivity contribution >= 4 is 40.3 Å². The molecule has 0 aliphatic heterocycles. The second-order valence-corrected chi connectivity index (χ2v) is 5.21. The van der Waals surface area contributed by atoms with Crippen LogP contribution < -0.4 is 5.63 Å². The smallest absolute Gasteiger partial charge is 0.364 e. The Morgan fingerprint density at radius 3 is 2.50 bits per heavy atom. The first-order chi connectivity index (χ1) is 9.50. The normalized spacial score (nSPS) is 11.2. The van der Waals surface area contributed by atoms with E-state index >= 15 is 0 Å². The summed E-state index contributed by atoms with van der Waals surface area (Å²) < 4.78 is 6.46. The van der Waals surface area contributed by atoms with Crippen LogP contribution in [0.5, 0.6) is 0 Å². The molecule has 102 valence electrons. The Hall–Kier alpha value is -1.56. The molecule has 0 aliphatic carbocycles. The molecule has 3 aromatic rings. The number of halogens is 3. The quantitative estimate of drug-likeness (QED) is 0.684. The number of aromatic nitrogens is 3. The number of hydrogen-bond acceptors (Lipinski definition) is 4. The minimum absolute atomic E-state index is 0.0599. The van der Waals surface area contributed by atoms with Crippen molar-refractivity contribution in [3.63, 3.8) is 0 Å². The van der Waals surface area contributed by atoms with Crippen molar-refractivity contribution in [3.8, 4) is 11.3 Å². The number of hydrogen-bond donors (Lipinski definition) is 0. The molecular formula is C12H6Cl3N3O2. The topological polar surface area (TPSA) is 60.4 Å². The first-order valence-corrected chi connectivity index (χ1v) is 6.63. The van der Waals surface area contributed by atoms with Gasteiger partial charge in [-0.05, 0) is 19.1 Å². The van der Waals surface area contributed by atoms with E-state index in [0.29, 0.717) is 21.3 Å². The summed E-state index contributed by atoms with van der Waals surface area (Å²) in [6.07, 6.45) is 0. The van der Waals surface area contributed by atoms with Gasteiger partial charge in [0.1, 0.15) is 0 Å². The highest BCUT2D eigenvalue weighted by molar-refractivity contribution is 6.40. The molecule has 0 saturated carbocycles. The van der Waals surface area contributed by atoms with E-state index in [4.69, 9.17) is 39.2 Å². The Labute approximate surface area is 127 Å². The molecule has 2 heterocycles. The predicted molar refractivity (Wildman–Crippen MR) is 76.7 cm³/mol. The SMILES string of the molecule is Cc1nnn2c(Cl)c(-c3c(Cl)cccc3Cl)oc(=O)c12. The van der Waals surface area contributed by atoms with Gasteiger partial charge in [-0.3, -0.25) is 0 Å². The maximum absolute atomic E-state index is 12.0. The highest BCUT2D eigenvalue weighted by Crippen LogP contribution is 2.37. The molecule has 2 aromatic heterocycles.